The second-order valence-corrected chi connectivity index (χ2v) is 6.49. The van der Waals surface area contributed by atoms with E-state index in [1.807, 2.05) is 0 Å². The van der Waals surface area contributed by atoms with Crippen molar-refractivity contribution < 1.29 is 19.4 Å². The first-order valence-electron chi connectivity index (χ1n) is 9.87. The van der Waals surface area contributed by atoms with Gasteiger partial charge in [-0.2, -0.15) is 5.26 Å². The number of nitriles is 1. The molecule has 0 aliphatic rings. The van der Waals surface area contributed by atoms with Gasteiger partial charge >= 0.3 is 5.97 Å². The van der Waals surface area contributed by atoms with Gasteiger partial charge in [-0.05, 0) is 31.1 Å². The minimum atomic E-state index is -1.25. The molecular formula is C22H31NO4. The highest BCUT2D eigenvalue weighted by Crippen LogP contribution is 2.27. The van der Waals surface area contributed by atoms with Gasteiger partial charge in [0, 0.05) is 11.6 Å². The number of carboxylic acid groups (broad SMARTS) is 1. The van der Waals surface area contributed by atoms with Crippen LogP contribution in [0.3, 0.4) is 0 Å². The molecule has 0 aliphatic carbocycles. The zero-order chi connectivity index (χ0) is 19.9. The average molecular weight is 373 g/mol. The third-order valence-corrected chi connectivity index (χ3v) is 4.16. The summed E-state index contributed by atoms with van der Waals surface area (Å²) in [7, 11) is 0. The van der Waals surface area contributed by atoms with Crippen molar-refractivity contribution in [2.24, 2.45) is 0 Å². The zero-order valence-corrected chi connectivity index (χ0v) is 16.5. The molecule has 0 radical (unpaired) electrons. The van der Waals surface area contributed by atoms with E-state index in [1.165, 1.54) is 18.9 Å². The number of hydrogen-bond acceptors (Lipinski definition) is 4. The average Bonchev–Trinajstić information content (AvgIpc) is 2.66. The number of benzene rings is 1. The number of aliphatic carboxylic acids is 1. The Morgan fingerprint density at radius 2 is 1.67 bits per heavy atom. The normalized spacial score (nSPS) is 11.1. The molecule has 0 heterocycles. The number of unbranched alkanes of at least 4 members (excludes halogenated alkanes) is 6. The van der Waals surface area contributed by atoms with E-state index in [2.05, 4.69) is 13.8 Å². The van der Waals surface area contributed by atoms with Crippen molar-refractivity contribution in [1.82, 2.24) is 0 Å². The smallest absolute Gasteiger partial charge is 0.346 e. The molecule has 0 unspecified atom stereocenters. The van der Waals surface area contributed by atoms with Gasteiger partial charge in [0.05, 0.1) is 13.2 Å². The summed E-state index contributed by atoms with van der Waals surface area (Å²) in [6.45, 7) is 5.52. The van der Waals surface area contributed by atoms with Crippen LogP contribution in [0.1, 0.15) is 70.8 Å². The van der Waals surface area contributed by atoms with Gasteiger partial charge in [-0.15, -0.1) is 0 Å². The molecule has 1 aromatic carbocycles. The standard InChI is InChI=1S/C22H31NO4/c1-3-5-7-9-13-26-20-12-11-18(15-19(17-23)22(24)25)21(16-20)27-14-10-8-6-4-2/h11-12,15-16H,3-10,13-14H2,1-2H3,(H,24,25)/b19-15+. The number of ether oxygens (including phenoxy) is 2. The Labute approximate surface area is 162 Å². The molecular weight excluding hydrogens is 342 g/mol. The van der Waals surface area contributed by atoms with E-state index in [0.29, 0.717) is 30.3 Å². The Morgan fingerprint density at radius 3 is 2.22 bits per heavy atom. The van der Waals surface area contributed by atoms with Gasteiger partial charge in [0.15, 0.2) is 0 Å². The summed E-state index contributed by atoms with van der Waals surface area (Å²) in [5, 5.41) is 18.1. The fourth-order valence-electron chi connectivity index (χ4n) is 2.58. The molecule has 5 heteroatoms. The molecule has 1 rings (SSSR count). The quantitative estimate of drug-likeness (QED) is 0.261. The van der Waals surface area contributed by atoms with Gasteiger partial charge in [0.25, 0.3) is 0 Å². The number of rotatable bonds is 14. The summed E-state index contributed by atoms with van der Waals surface area (Å²) in [4.78, 5) is 11.1. The third-order valence-electron chi connectivity index (χ3n) is 4.16. The van der Waals surface area contributed by atoms with Crippen LogP contribution in [0.5, 0.6) is 11.5 Å². The first kappa shape index (κ1) is 22.6. The molecule has 1 aromatic rings. The maximum absolute atomic E-state index is 11.1. The summed E-state index contributed by atoms with van der Waals surface area (Å²) in [6, 6.07) is 7.01. The number of nitrogens with zero attached hydrogens (tertiary/aromatic N) is 1. The molecule has 1 N–H and O–H groups in total. The van der Waals surface area contributed by atoms with E-state index in [0.717, 1.165) is 38.5 Å². The van der Waals surface area contributed by atoms with E-state index < -0.39 is 5.97 Å². The number of hydrogen-bond donors (Lipinski definition) is 1. The lowest BCUT2D eigenvalue weighted by atomic mass is 10.1. The summed E-state index contributed by atoms with van der Waals surface area (Å²) in [5.74, 6) is -0.00441. The van der Waals surface area contributed by atoms with Crippen molar-refractivity contribution in [3.63, 3.8) is 0 Å². The van der Waals surface area contributed by atoms with Crippen molar-refractivity contribution in [3.05, 3.63) is 29.3 Å². The maximum Gasteiger partial charge on any atom is 0.346 e. The summed E-state index contributed by atoms with van der Waals surface area (Å²) in [6.07, 6.45) is 10.2. The largest absolute Gasteiger partial charge is 0.493 e. The Morgan fingerprint density at radius 1 is 1.04 bits per heavy atom. The molecule has 0 aliphatic heterocycles. The van der Waals surface area contributed by atoms with Crippen molar-refractivity contribution in [1.29, 1.82) is 5.26 Å². The Hall–Kier alpha value is -2.48. The molecule has 0 spiro atoms. The van der Waals surface area contributed by atoms with Crippen LogP contribution >= 0.6 is 0 Å². The Bertz CT molecular complexity index is 646. The third kappa shape index (κ3) is 9.14. The fourth-order valence-corrected chi connectivity index (χ4v) is 2.58. The van der Waals surface area contributed by atoms with Crippen LogP contribution in [0, 0.1) is 11.3 Å². The second kappa shape index (κ2) is 13.7. The van der Waals surface area contributed by atoms with Crippen LogP contribution < -0.4 is 9.47 Å². The predicted octanol–water partition coefficient (Wildman–Crippen LogP) is 5.60. The minimum Gasteiger partial charge on any atom is -0.493 e. The monoisotopic (exact) mass is 373 g/mol. The van der Waals surface area contributed by atoms with Crippen molar-refractivity contribution in [2.45, 2.75) is 65.2 Å². The summed E-state index contributed by atoms with van der Waals surface area (Å²) >= 11 is 0. The first-order chi connectivity index (χ1) is 13.1. The van der Waals surface area contributed by atoms with Gasteiger partial charge in [-0.25, -0.2) is 4.79 Å². The number of carbonyl (C=O) groups is 1. The van der Waals surface area contributed by atoms with E-state index in [4.69, 9.17) is 19.8 Å². The molecule has 0 atom stereocenters. The second-order valence-electron chi connectivity index (χ2n) is 6.49. The number of carboxylic acids is 1. The van der Waals surface area contributed by atoms with Crippen LogP contribution in [0.4, 0.5) is 0 Å². The van der Waals surface area contributed by atoms with Crippen molar-refractivity contribution in [3.8, 4) is 17.6 Å². The minimum absolute atomic E-state index is 0.320. The summed E-state index contributed by atoms with van der Waals surface area (Å²) in [5.41, 5.74) is 0.252. The lowest BCUT2D eigenvalue weighted by Crippen LogP contribution is -2.02. The highest BCUT2D eigenvalue weighted by Gasteiger charge is 2.10. The fraction of sp³-hybridized carbons (Fsp3) is 0.545. The van der Waals surface area contributed by atoms with E-state index in [9.17, 15) is 4.79 Å². The molecule has 27 heavy (non-hydrogen) atoms. The van der Waals surface area contributed by atoms with Crippen LogP contribution in [-0.4, -0.2) is 24.3 Å². The molecule has 148 valence electrons. The topological polar surface area (TPSA) is 79.5 Å². The van der Waals surface area contributed by atoms with E-state index >= 15 is 0 Å². The van der Waals surface area contributed by atoms with Crippen molar-refractivity contribution >= 4 is 12.0 Å². The molecule has 0 fully saturated rings. The van der Waals surface area contributed by atoms with E-state index in [-0.39, 0.29) is 5.57 Å². The molecule has 0 saturated carbocycles. The van der Waals surface area contributed by atoms with Crippen LogP contribution in [0.25, 0.3) is 6.08 Å². The van der Waals surface area contributed by atoms with Crippen molar-refractivity contribution in [2.75, 3.05) is 13.2 Å². The summed E-state index contributed by atoms with van der Waals surface area (Å²) < 4.78 is 11.7. The molecule has 0 bridgehead atoms. The Balaban J connectivity index is 2.84. The van der Waals surface area contributed by atoms with E-state index in [1.54, 1.807) is 24.3 Å². The van der Waals surface area contributed by atoms with Gasteiger partial charge in [0.1, 0.15) is 23.1 Å². The van der Waals surface area contributed by atoms with Crippen LogP contribution in [-0.2, 0) is 4.79 Å². The van der Waals surface area contributed by atoms with Crippen LogP contribution in [0.2, 0.25) is 0 Å². The first-order valence-corrected chi connectivity index (χ1v) is 9.87. The lowest BCUT2D eigenvalue weighted by molar-refractivity contribution is -0.132. The molecule has 0 aromatic heterocycles. The van der Waals surface area contributed by atoms with Crippen LogP contribution in [0.15, 0.2) is 23.8 Å². The highest BCUT2D eigenvalue weighted by molar-refractivity contribution is 5.96. The predicted molar refractivity (Wildman–Crippen MR) is 107 cm³/mol. The molecule has 0 amide bonds. The molecule has 5 nitrogen and oxygen atoms in total. The van der Waals surface area contributed by atoms with Gasteiger partial charge < -0.3 is 14.6 Å². The lowest BCUT2D eigenvalue weighted by Gasteiger charge is -2.12. The zero-order valence-electron chi connectivity index (χ0n) is 16.5. The van der Waals surface area contributed by atoms with Gasteiger partial charge in [-0.1, -0.05) is 52.4 Å². The molecule has 0 saturated heterocycles. The SMILES string of the molecule is CCCCCCOc1ccc(/C=C(\C#N)C(=O)O)c(OCCCCCC)c1. The highest BCUT2D eigenvalue weighted by atomic mass is 16.5. The van der Waals surface area contributed by atoms with Gasteiger partial charge in [-0.3, -0.25) is 0 Å². The maximum atomic E-state index is 11.1. The van der Waals surface area contributed by atoms with Gasteiger partial charge in [0.2, 0.25) is 0 Å². The Kier molecular flexibility index (Phi) is 11.4.